The molecule has 0 N–H and O–H groups in total. The molecule has 0 bridgehead atoms. The van der Waals surface area contributed by atoms with E-state index in [1.807, 2.05) is 7.05 Å². The molecule has 0 aromatic rings. The number of carbonyl (C=O) groups excluding carboxylic acids is 2. The number of amides is 1. The maximum Gasteiger partial charge on any atom is 0.309 e. The van der Waals surface area contributed by atoms with Crippen molar-refractivity contribution in [2.24, 2.45) is 34.5 Å². The molecule has 4 unspecified atom stereocenters. The average Bonchev–Trinajstić information content (AvgIpc) is 2.95. The van der Waals surface area contributed by atoms with Gasteiger partial charge < -0.3 is 9.64 Å². The van der Waals surface area contributed by atoms with Gasteiger partial charge in [0.25, 0.3) is 0 Å². The highest BCUT2D eigenvalue weighted by molar-refractivity contribution is 5.77. The van der Waals surface area contributed by atoms with Gasteiger partial charge in [-0.2, -0.15) is 0 Å². The molecular weight excluding hydrogens is 314 g/mol. The van der Waals surface area contributed by atoms with Gasteiger partial charge in [-0.1, -0.05) is 13.8 Å². The van der Waals surface area contributed by atoms with Crippen LogP contribution in [0.15, 0.2) is 0 Å². The SMILES string of the molecule is COC(=O)[C@H]1CCC2C3CCC4N(C)C(=O)CC[C@]4(C)C3CC[C@@]21C. The first-order valence-electron chi connectivity index (χ1n) is 10.2. The topological polar surface area (TPSA) is 46.6 Å². The fourth-order valence-electron chi connectivity index (χ4n) is 7.68. The van der Waals surface area contributed by atoms with E-state index in [1.165, 1.54) is 26.4 Å². The van der Waals surface area contributed by atoms with Gasteiger partial charge in [0, 0.05) is 19.5 Å². The van der Waals surface area contributed by atoms with Gasteiger partial charge in [0.05, 0.1) is 13.0 Å². The van der Waals surface area contributed by atoms with E-state index in [1.54, 1.807) is 0 Å². The minimum absolute atomic E-state index is 0.00587. The zero-order chi connectivity index (χ0) is 18.0. The normalized spacial score (nSPS) is 49.2. The van der Waals surface area contributed by atoms with Gasteiger partial charge in [0.15, 0.2) is 0 Å². The number of fused-ring (bicyclic) bond motifs is 5. The molecule has 4 nitrogen and oxygen atoms in total. The number of rotatable bonds is 1. The Labute approximate surface area is 151 Å². The molecule has 1 saturated heterocycles. The maximum atomic E-state index is 12.3. The molecule has 0 aromatic carbocycles. The number of piperidine rings is 1. The second-order valence-corrected chi connectivity index (χ2v) is 9.68. The van der Waals surface area contributed by atoms with Crippen molar-refractivity contribution in [1.82, 2.24) is 4.90 Å². The Bertz CT molecular complexity index is 590. The smallest absolute Gasteiger partial charge is 0.309 e. The lowest BCUT2D eigenvalue weighted by Crippen LogP contribution is -2.61. The molecule has 1 aliphatic heterocycles. The fraction of sp³-hybridized carbons (Fsp3) is 0.905. The second kappa shape index (κ2) is 5.72. The van der Waals surface area contributed by atoms with E-state index in [4.69, 9.17) is 4.74 Å². The molecule has 140 valence electrons. The lowest BCUT2D eigenvalue weighted by molar-refractivity contribution is -0.164. The van der Waals surface area contributed by atoms with E-state index >= 15 is 0 Å². The molecule has 0 aromatic heterocycles. The molecule has 0 radical (unpaired) electrons. The number of esters is 1. The molecule has 0 spiro atoms. The molecular formula is C21H33NO3. The summed E-state index contributed by atoms with van der Waals surface area (Å²) in [5, 5.41) is 0. The first-order valence-corrected chi connectivity index (χ1v) is 10.2. The van der Waals surface area contributed by atoms with Crippen molar-refractivity contribution in [2.45, 2.75) is 71.3 Å². The highest BCUT2D eigenvalue weighted by Gasteiger charge is 2.62. The zero-order valence-corrected chi connectivity index (χ0v) is 16.2. The molecule has 3 saturated carbocycles. The number of likely N-dealkylation sites (tertiary alicyclic amines) is 1. The first-order chi connectivity index (χ1) is 11.8. The quantitative estimate of drug-likeness (QED) is 0.680. The third kappa shape index (κ3) is 2.24. The summed E-state index contributed by atoms with van der Waals surface area (Å²) >= 11 is 0. The molecule has 25 heavy (non-hydrogen) atoms. The number of nitrogens with zero attached hydrogens (tertiary/aromatic N) is 1. The predicted octanol–water partition coefficient (Wildman–Crippen LogP) is 3.64. The molecule has 4 heteroatoms. The van der Waals surface area contributed by atoms with Gasteiger partial charge in [-0.15, -0.1) is 0 Å². The molecule has 4 rings (SSSR count). The Hall–Kier alpha value is -1.06. The van der Waals surface area contributed by atoms with Crippen LogP contribution in [0.1, 0.15) is 65.2 Å². The van der Waals surface area contributed by atoms with Gasteiger partial charge >= 0.3 is 5.97 Å². The molecule has 1 amide bonds. The minimum Gasteiger partial charge on any atom is -0.469 e. The third-order valence-electron chi connectivity index (χ3n) is 9.04. The van der Waals surface area contributed by atoms with Crippen molar-refractivity contribution in [3.8, 4) is 0 Å². The predicted molar refractivity (Wildman–Crippen MR) is 95.7 cm³/mol. The van der Waals surface area contributed by atoms with Gasteiger partial charge in [0.1, 0.15) is 0 Å². The molecule has 7 atom stereocenters. The maximum absolute atomic E-state index is 12.3. The monoisotopic (exact) mass is 347 g/mol. The Morgan fingerprint density at radius 1 is 1.04 bits per heavy atom. The van der Waals surface area contributed by atoms with Crippen LogP contribution >= 0.6 is 0 Å². The van der Waals surface area contributed by atoms with Crippen LogP contribution in [-0.4, -0.2) is 37.0 Å². The molecule has 1 heterocycles. The summed E-state index contributed by atoms with van der Waals surface area (Å²) in [6.07, 6.45) is 8.62. The van der Waals surface area contributed by atoms with Crippen LogP contribution in [-0.2, 0) is 14.3 Å². The van der Waals surface area contributed by atoms with Crippen LogP contribution in [0, 0.1) is 34.5 Å². The summed E-state index contributed by atoms with van der Waals surface area (Å²) in [7, 11) is 3.55. The number of hydrogen-bond donors (Lipinski definition) is 0. The molecule has 4 aliphatic rings. The van der Waals surface area contributed by atoms with E-state index in [9.17, 15) is 9.59 Å². The number of hydrogen-bond acceptors (Lipinski definition) is 3. The van der Waals surface area contributed by atoms with Gasteiger partial charge in [0.2, 0.25) is 5.91 Å². The summed E-state index contributed by atoms with van der Waals surface area (Å²) in [6.45, 7) is 4.81. The minimum atomic E-state index is 0.00587. The number of methoxy groups -OCH3 is 1. The zero-order valence-electron chi connectivity index (χ0n) is 16.2. The van der Waals surface area contributed by atoms with Crippen LogP contribution in [0.5, 0.6) is 0 Å². The second-order valence-electron chi connectivity index (χ2n) is 9.68. The van der Waals surface area contributed by atoms with Crippen LogP contribution in [0.2, 0.25) is 0 Å². The number of ether oxygens (including phenoxy) is 1. The summed E-state index contributed by atoms with van der Waals surface area (Å²) in [5.74, 6) is 2.49. The van der Waals surface area contributed by atoms with Crippen LogP contribution in [0.4, 0.5) is 0 Å². The van der Waals surface area contributed by atoms with Crippen molar-refractivity contribution in [3.05, 3.63) is 0 Å². The molecule has 4 fully saturated rings. The van der Waals surface area contributed by atoms with Gasteiger partial charge in [-0.3, -0.25) is 9.59 Å². The van der Waals surface area contributed by atoms with Crippen LogP contribution in [0.25, 0.3) is 0 Å². The Kier molecular flexibility index (Phi) is 3.97. The third-order valence-corrected chi connectivity index (χ3v) is 9.04. The van der Waals surface area contributed by atoms with E-state index < -0.39 is 0 Å². The molecule has 3 aliphatic carbocycles. The fourth-order valence-corrected chi connectivity index (χ4v) is 7.68. The number of carbonyl (C=O) groups is 2. The highest BCUT2D eigenvalue weighted by Crippen LogP contribution is 2.66. The average molecular weight is 347 g/mol. The standard InChI is InChI=1S/C21H33NO3/c1-20-11-9-15-13(14(20)6-7-16(20)19(24)25-4)5-8-17-21(15,2)12-10-18(23)22(17)3/h13-17H,5-12H2,1-4H3/t13?,14?,15?,16-,17?,20+,21-/m1/s1. The lowest BCUT2D eigenvalue weighted by Gasteiger charge is -2.61. The van der Waals surface area contributed by atoms with E-state index in [0.717, 1.165) is 31.6 Å². The van der Waals surface area contributed by atoms with E-state index in [-0.39, 0.29) is 22.7 Å². The van der Waals surface area contributed by atoms with Crippen LogP contribution < -0.4 is 0 Å². The summed E-state index contributed by atoms with van der Waals surface area (Å²) in [6, 6.07) is 0.414. The Morgan fingerprint density at radius 3 is 2.48 bits per heavy atom. The van der Waals surface area contributed by atoms with E-state index in [2.05, 4.69) is 18.7 Å². The van der Waals surface area contributed by atoms with Crippen molar-refractivity contribution in [1.29, 1.82) is 0 Å². The van der Waals surface area contributed by atoms with E-state index in [0.29, 0.717) is 30.2 Å². The van der Waals surface area contributed by atoms with Crippen molar-refractivity contribution in [2.75, 3.05) is 14.2 Å². The van der Waals surface area contributed by atoms with Crippen molar-refractivity contribution >= 4 is 11.9 Å². The largest absolute Gasteiger partial charge is 0.469 e. The van der Waals surface area contributed by atoms with Gasteiger partial charge in [-0.25, -0.2) is 0 Å². The Morgan fingerprint density at radius 2 is 1.76 bits per heavy atom. The highest BCUT2D eigenvalue weighted by atomic mass is 16.5. The van der Waals surface area contributed by atoms with Crippen molar-refractivity contribution < 1.29 is 14.3 Å². The first kappa shape index (κ1) is 17.4. The van der Waals surface area contributed by atoms with Crippen LogP contribution in [0.3, 0.4) is 0 Å². The van der Waals surface area contributed by atoms with Crippen molar-refractivity contribution in [3.63, 3.8) is 0 Å². The summed E-state index contributed by atoms with van der Waals surface area (Å²) in [5.41, 5.74) is 0.379. The summed E-state index contributed by atoms with van der Waals surface area (Å²) < 4.78 is 5.13. The lowest BCUT2D eigenvalue weighted by atomic mass is 9.47. The van der Waals surface area contributed by atoms with Gasteiger partial charge in [-0.05, 0) is 73.5 Å². The summed E-state index contributed by atoms with van der Waals surface area (Å²) in [4.78, 5) is 26.6. The Balaban J connectivity index is 1.62.